The van der Waals surface area contributed by atoms with Gasteiger partial charge in [-0.05, 0) is 31.9 Å². The van der Waals surface area contributed by atoms with Gasteiger partial charge in [0.2, 0.25) is 0 Å². The zero-order valence-corrected chi connectivity index (χ0v) is 9.50. The summed E-state index contributed by atoms with van der Waals surface area (Å²) in [5, 5.41) is 3.61. The number of thioether (sulfide) groups is 1. The molecule has 0 aromatic carbocycles. The zero-order valence-electron chi connectivity index (χ0n) is 8.68. The van der Waals surface area contributed by atoms with Gasteiger partial charge in [0.05, 0.1) is 0 Å². The zero-order chi connectivity index (χ0) is 9.19. The highest BCUT2D eigenvalue weighted by atomic mass is 32.2. The Kier molecular flexibility index (Phi) is 3.47. The average Bonchev–Trinajstić information content (AvgIpc) is 2.81. The number of hydrogen-bond donors (Lipinski definition) is 1. The molecule has 1 aliphatic carbocycles. The van der Waals surface area contributed by atoms with E-state index in [4.69, 9.17) is 0 Å². The average molecular weight is 187 g/mol. The van der Waals surface area contributed by atoms with Crippen LogP contribution in [-0.2, 0) is 0 Å². The molecule has 2 heteroatoms. The highest BCUT2D eigenvalue weighted by Crippen LogP contribution is 2.46. The summed E-state index contributed by atoms with van der Waals surface area (Å²) in [6.45, 7) is 8.03. The van der Waals surface area contributed by atoms with Crippen molar-refractivity contribution in [3.05, 3.63) is 0 Å². The van der Waals surface area contributed by atoms with E-state index in [1.165, 1.54) is 19.4 Å². The van der Waals surface area contributed by atoms with Crippen LogP contribution in [0.5, 0.6) is 0 Å². The molecule has 1 rings (SSSR count). The largest absolute Gasteiger partial charge is 0.313 e. The van der Waals surface area contributed by atoms with Gasteiger partial charge in [0.25, 0.3) is 0 Å². The van der Waals surface area contributed by atoms with Gasteiger partial charge < -0.3 is 5.32 Å². The lowest BCUT2D eigenvalue weighted by atomic mass is 10.1. The van der Waals surface area contributed by atoms with E-state index >= 15 is 0 Å². The van der Waals surface area contributed by atoms with E-state index in [9.17, 15) is 0 Å². The first-order valence-corrected chi connectivity index (χ1v) is 6.11. The maximum atomic E-state index is 3.61. The van der Waals surface area contributed by atoms with Crippen LogP contribution in [0.1, 0.15) is 33.6 Å². The van der Waals surface area contributed by atoms with E-state index in [0.29, 0.717) is 10.8 Å². The van der Waals surface area contributed by atoms with Crippen LogP contribution < -0.4 is 5.32 Å². The molecular weight excluding hydrogens is 166 g/mol. The molecule has 0 saturated heterocycles. The Hall–Kier alpha value is 0.310. The lowest BCUT2D eigenvalue weighted by Gasteiger charge is -2.21. The van der Waals surface area contributed by atoms with Crippen molar-refractivity contribution >= 4 is 11.8 Å². The Labute approximate surface area is 80.7 Å². The number of hydrogen-bond acceptors (Lipinski definition) is 2. The van der Waals surface area contributed by atoms with Gasteiger partial charge in [-0.3, -0.25) is 0 Å². The molecule has 1 N–H and O–H groups in total. The van der Waals surface area contributed by atoms with Gasteiger partial charge in [0.15, 0.2) is 0 Å². The molecule has 0 aliphatic heterocycles. The summed E-state index contributed by atoms with van der Waals surface area (Å²) in [7, 11) is 0. The Morgan fingerprint density at radius 2 is 1.92 bits per heavy atom. The van der Waals surface area contributed by atoms with Crippen LogP contribution in [0.4, 0.5) is 0 Å². The summed E-state index contributed by atoms with van der Waals surface area (Å²) < 4.78 is 0.614. The molecule has 1 unspecified atom stereocenters. The molecule has 12 heavy (non-hydrogen) atoms. The molecule has 0 spiro atoms. The van der Waals surface area contributed by atoms with Crippen molar-refractivity contribution in [2.24, 2.45) is 5.92 Å². The fourth-order valence-corrected chi connectivity index (χ4v) is 1.91. The summed E-state index contributed by atoms with van der Waals surface area (Å²) in [5.41, 5.74) is 0. The molecule has 0 bridgehead atoms. The van der Waals surface area contributed by atoms with E-state index in [2.05, 4.69) is 32.3 Å². The first-order chi connectivity index (χ1) is 5.59. The lowest BCUT2D eigenvalue weighted by molar-refractivity contribution is 0.425. The summed E-state index contributed by atoms with van der Waals surface area (Å²) >= 11 is 2.03. The topological polar surface area (TPSA) is 12.0 Å². The van der Waals surface area contributed by atoms with Crippen molar-refractivity contribution < 1.29 is 0 Å². The molecule has 0 aromatic heterocycles. The van der Waals surface area contributed by atoms with Gasteiger partial charge in [0.1, 0.15) is 0 Å². The van der Waals surface area contributed by atoms with Crippen molar-refractivity contribution in [3.63, 3.8) is 0 Å². The molecule has 0 heterocycles. The van der Waals surface area contributed by atoms with E-state index in [1.807, 2.05) is 11.8 Å². The second kappa shape index (κ2) is 4.01. The van der Waals surface area contributed by atoms with Gasteiger partial charge >= 0.3 is 0 Å². The molecule has 1 saturated carbocycles. The first-order valence-electron chi connectivity index (χ1n) is 4.88. The Bertz CT molecular complexity index is 141. The van der Waals surface area contributed by atoms with Crippen LogP contribution in [0.15, 0.2) is 0 Å². The van der Waals surface area contributed by atoms with Crippen molar-refractivity contribution in [2.45, 2.75) is 44.4 Å². The second-order valence-corrected chi connectivity index (χ2v) is 5.58. The monoisotopic (exact) mass is 187 g/mol. The minimum Gasteiger partial charge on any atom is -0.313 e. The van der Waals surface area contributed by atoms with Crippen LogP contribution in [-0.4, -0.2) is 23.6 Å². The van der Waals surface area contributed by atoms with Gasteiger partial charge in [0, 0.05) is 17.3 Å². The quantitative estimate of drug-likeness (QED) is 0.710. The number of nitrogens with one attached hydrogen (secondary N) is 1. The maximum Gasteiger partial charge on any atom is 0.0282 e. The van der Waals surface area contributed by atoms with Gasteiger partial charge in [-0.2, -0.15) is 11.8 Å². The smallest absolute Gasteiger partial charge is 0.0282 e. The van der Waals surface area contributed by atoms with Crippen LogP contribution in [0.3, 0.4) is 0 Å². The summed E-state index contributed by atoms with van der Waals surface area (Å²) in [5.74, 6) is 0.752. The minimum absolute atomic E-state index is 0.614. The Balaban J connectivity index is 2.17. The van der Waals surface area contributed by atoms with E-state index in [0.717, 1.165) is 5.92 Å². The van der Waals surface area contributed by atoms with Crippen molar-refractivity contribution in [2.75, 3.05) is 12.8 Å². The Morgan fingerprint density at radius 1 is 1.33 bits per heavy atom. The predicted molar refractivity (Wildman–Crippen MR) is 57.8 cm³/mol. The van der Waals surface area contributed by atoms with E-state index < -0.39 is 0 Å². The van der Waals surface area contributed by atoms with Crippen LogP contribution in [0.2, 0.25) is 0 Å². The molecular formula is C10H21NS. The summed E-state index contributed by atoms with van der Waals surface area (Å²) in [6, 6.07) is 0.662. The third kappa shape index (κ3) is 2.67. The van der Waals surface area contributed by atoms with Crippen LogP contribution >= 0.6 is 11.8 Å². The van der Waals surface area contributed by atoms with E-state index in [-0.39, 0.29) is 0 Å². The molecule has 72 valence electrons. The molecule has 0 radical (unpaired) electrons. The normalized spacial score (nSPS) is 22.8. The third-order valence-electron chi connectivity index (χ3n) is 2.99. The highest BCUT2D eigenvalue weighted by Gasteiger charge is 2.41. The fraction of sp³-hybridized carbons (Fsp3) is 1.00. The molecule has 1 atom stereocenters. The van der Waals surface area contributed by atoms with E-state index in [1.54, 1.807) is 0 Å². The highest BCUT2D eigenvalue weighted by molar-refractivity contribution is 8.00. The van der Waals surface area contributed by atoms with Gasteiger partial charge in [-0.25, -0.2) is 0 Å². The SMILES string of the molecule is CSC1(CNC(C)C(C)C)CC1. The molecule has 1 fully saturated rings. The molecule has 0 amide bonds. The van der Waals surface area contributed by atoms with Crippen molar-refractivity contribution in [3.8, 4) is 0 Å². The van der Waals surface area contributed by atoms with Gasteiger partial charge in [-0.15, -0.1) is 0 Å². The summed E-state index contributed by atoms with van der Waals surface area (Å²) in [6.07, 6.45) is 5.05. The lowest BCUT2D eigenvalue weighted by Crippen LogP contribution is -2.36. The molecule has 0 aromatic rings. The van der Waals surface area contributed by atoms with Crippen molar-refractivity contribution in [1.82, 2.24) is 5.32 Å². The Morgan fingerprint density at radius 3 is 2.25 bits per heavy atom. The fourth-order valence-electron chi connectivity index (χ4n) is 1.18. The molecule has 1 nitrogen and oxygen atoms in total. The van der Waals surface area contributed by atoms with Crippen LogP contribution in [0.25, 0.3) is 0 Å². The second-order valence-electron chi connectivity index (χ2n) is 4.30. The van der Waals surface area contributed by atoms with Crippen LogP contribution in [0, 0.1) is 5.92 Å². The minimum atomic E-state index is 0.614. The molecule has 1 aliphatic rings. The summed E-state index contributed by atoms with van der Waals surface area (Å²) in [4.78, 5) is 0. The standard InChI is InChI=1S/C10H21NS/c1-8(2)9(3)11-7-10(12-4)5-6-10/h8-9,11H,5-7H2,1-4H3. The first kappa shape index (κ1) is 10.4. The van der Waals surface area contributed by atoms with Gasteiger partial charge in [-0.1, -0.05) is 13.8 Å². The number of rotatable bonds is 5. The third-order valence-corrected chi connectivity index (χ3v) is 4.41. The van der Waals surface area contributed by atoms with Crippen molar-refractivity contribution in [1.29, 1.82) is 0 Å². The maximum absolute atomic E-state index is 3.61. The predicted octanol–water partition coefficient (Wildman–Crippen LogP) is 2.52.